The maximum Gasteiger partial charge on any atom is 0.265 e. The largest absolute Gasteiger partial charge is 0.479 e. The summed E-state index contributed by atoms with van der Waals surface area (Å²) >= 11 is 0. The molecule has 0 unspecified atom stereocenters. The van der Waals surface area contributed by atoms with E-state index in [1.807, 2.05) is 24.4 Å². The second-order valence-corrected chi connectivity index (χ2v) is 5.91. The van der Waals surface area contributed by atoms with Crippen LogP contribution in [0.5, 0.6) is 5.75 Å². The summed E-state index contributed by atoms with van der Waals surface area (Å²) in [7, 11) is 0. The molecular formula is C19H16N4O3. The molecule has 7 heteroatoms. The highest BCUT2D eigenvalue weighted by atomic mass is 16.5. The molecule has 4 rings (SSSR count). The van der Waals surface area contributed by atoms with E-state index >= 15 is 0 Å². The number of hydrogen-bond donors (Lipinski definition) is 2. The molecule has 26 heavy (non-hydrogen) atoms. The van der Waals surface area contributed by atoms with Crippen LogP contribution in [-0.2, 0) is 4.79 Å². The first-order valence-corrected chi connectivity index (χ1v) is 8.13. The lowest BCUT2D eigenvalue weighted by Crippen LogP contribution is -2.34. The van der Waals surface area contributed by atoms with Crippen LogP contribution in [-0.4, -0.2) is 27.7 Å². The topological polar surface area (TPSA) is 85.2 Å². The van der Waals surface area contributed by atoms with Crippen molar-refractivity contribution < 1.29 is 14.3 Å². The van der Waals surface area contributed by atoms with Crippen molar-refractivity contribution in [3.05, 3.63) is 66.5 Å². The second-order valence-electron chi connectivity index (χ2n) is 5.91. The van der Waals surface area contributed by atoms with Crippen LogP contribution in [0.2, 0.25) is 0 Å². The molecule has 0 aliphatic carbocycles. The fourth-order valence-corrected chi connectivity index (χ4v) is 2.68. The molecule has 7 nitrogen and oxygen atoms in total. The molecule has 1 aromatic heterocycles. The zero-order valence-corrected chi connectivity index (χ0v) is 14.0. The fraction of sp³-hybridized carbons (Fsp3) is 0.105. The molecule has 1 atom stereocenters. The van der Waals surface area contributed by atoms with Gasteiger partial charge in [-0.3, -0.25) is 9.59 Å². The van der Waals surface area contributed by atoms with E-state index in [1.54, 1.807) is 48.1 Å². The highest BCUT2D eigenvalue weighted by Crippen LogP contribution is 2.32. The number of carbonyl (C=O) groups is 2. The van der Waals surface area contributed by atoms with Gasteiger partial charge in [-0.1, -0.05) is 0 Å². The van der Waals surface area contributed by atoms with Crippen molar-refractivity contribution in [2.75, 3.05) is 10.6 Å². The van der Waals surface area contributed by atoms with Crippen molar-refractivity contribution in [2.24, 2.45) is 0 Å². The molecule has 3 aromatic rings. The molecule has 0 fully saturated rings. The summed E-state index contributed by atoms with van der Waals surface area (Å²) in [5.74, 6) is 0.127. The summed E-state index contributed by atoms with van der Waals surface area (Å²) in [6.07, 6.45) is 3.00. The number of rotatable bonds is 3. The monoisotopic (exact) mass is 348 g/mol. The number of carbonyl (C=O) groups excluding carboxylic acids is 2. The van der Waals surface area contributed by atoms with Crippen molar-refractivity contribution in [2.45, 2.75) is 13.0 Å². The summed E-state index contributed by atoms with van der Waals surface area (Å²) in [4.78, 5) is 24.2. The Kier molecular flexibility index (Phi) is 3.89. The second kappa shape index (κ2) is 6.36. The number of amides is 2. The summed E-state index contributed by atoms with van der Waals surface area (Å²) in [5, 5.41) is 9.73. The molecule has 130 valence electrons. The standard InChI is InChI=1S/C19H16N4O3/c1-12-18(24)22-16-11-14(5-8-17(16)26-12)21-19(25)13-3-6-15(7-4-13)23-10-2-9-20-23/h2-12H,1H3,(H,21,25)(H,22,24)/t12-/m0/s1. The van der Waals surface area contributed by atoms with Gasteiger partial charge in [0.05, 0.1) is 11.4 Å². The SMILES string of the molecule is C[C@@H]1Oc2ccc(NC(=O)c3ccc(-n4cccn4)cc3)cc2NC1=O. The molecule has 2 heterocycles. The van der Waals surface area contributed by atoms with Gasteiger partial charge in [0.1, 0.15) is 5.75 Å². The van der Waals surface area contributed by atoms with E-state index in [0.717, 1.165) is 5.69 Å². The van der Waals surface area contributed by atoms with Gasteiger partial charge in [0, 0.05) is 23.6 Å². The zero-order chi connectivity index (χ0) is 18.1. The molecule has 2 amide bonds. The van der Waals surface area contributed by atoms with Crippen molar-refractivity contribution in [3.63, 3.8) is 0 Å². The smallest absolute Gasteiger partial charge is 0.265 e. The lowest BCUT2D eigenvalue weighted by Gasteiger charge is -2.23. The van der Waals surface area contributed by atoms with E-state index in [1.165, 1.54) is 0 Å². The molecule has 2 aromatic carbocycles. The Morgan fingerprint density at radius 3 is 2.77 bits per heavy atom. The predicted molar refractivity (Wildman–Crippen MR) is 96.7 cm³/mol. The molecule has 1 aliphatic rings. The van der Waals surface area contributed by atoms with Crippen LogP contribution in [0.3, 0.4) is 0 Å². The molecule has 0 spiro atoms. The quantitative estimate of drug-likeness (QED) is 0.762. The summed E-state index contributed by atoms with van der Waals surface area (Å²) in [5.41, 5.74) is 2.50. The fourth-order valence-electron chi connectivity index (χ4n) is 2.68. The average Bonchev–Trinajstić information content (AvgIpc) is 3.18. The van der Waals surface area contributed by atoms with Crippen LogP contribution in [0.4, 0.5) is 11.4 Å². The highest BCUT2D eigenvalue weighted by Gasteiger charge is 2.23. The van der Waals surface area contributed by atoms with E-state index < -0.39 is 6.10 Å². The number of ether oxygens (including phenoxy) is 1. The lowest BCUT2D eigenvalue weighted by atomic mass is 10.1. The Balaban J connectivity index is 1.50. The minimum atomic E-state index is -0.531. The van der Waals surface area contributed by atoms with Crippen LogP contribution < -0.4 is 15.4 Å². The van der Waals surface area contributed by atoms with Crippen molar-refractivity contribution >= 4 is 23.2 Å². The summed E-state index contributed by atoms with van der Waals surface area (Å²) in [6.45, 7) is 1.68. The first kappa shape index (κ1) is 15.9. The Bertz CT molecular complexity index is 965. The van der Waals surface area contributed by atoms with Crippen molar-refractivity contribution in [3.8, 4) is 11.4 Å². The van der Waals surface area contributed by atoms with Gasteiger partial charge in [0.25, 0.3) is 11.8 Å². The third-order valence-electron chi connectivity index (χ3n) is 4.07. The van der Waals surface area contributed by atoms with E-state index in [0.29, 0.717) is 22.7 Å². The van der Waals surface area contributed by atoms with E-state index in [9.17, 15) is 9.59 Å². The first-order valence-electron chi connectivity index (χ1n) is 8.13. The van der Waals surface area contributed by atoms with Gasteiger partial charge in [-0.05, 0) is 55.5 Å². The van der Waals surface area contributed by atoms with Crippen LogP contribution >= 0.6 is 0 Å². The van der Waals surface area contributed by atoms with E-state index in [2.05, 4.69) is 15.7 Å². The van der Waals surface area contributed by atoms with Crippen molar-refractivity contribution in [1.82, 2.24) is 9.78 Å². The number of benzene rings is 2. The van der Waals surface area contributed by atoms with Crippen molar-refractivity contribution in [1.29, 1.82) is 0 Å². The van der Waals surface area contributed by atoms with Crippen LogP contribution in [0.15, 0.2) is 60.9 Å². The normalized spacial score (nSPS) is 15.6. The highest BCUT2D eigenvalue weighted by molar-refractivity contribution is 6.05. The molecular weight excluding hydrogens is 332 g/mol. The molecule has 0 saturated carbocycles. The number of hydrogen-bond acceptors (Lipinski definition) is 4. The van der Waals surface area contributed by atoms with Gasteiger partial charge >= 0.3 is 0 Å². The number of aromatic nitrogens is 2. The molecule has 0 saturated heterocycles. The Hall–Kier alpha value is -3.61. The van der Waals surface area contributed by atoms with E-state index in [-0.39, 0.29) is 11.8 Å². The van der Waals surface area contributed by atoms with E-state index in [4.69, 9.17) is 4.74 Å². The minimum Gasteiger partial charge on any atom is -0.479 e. The number of nitrogens with one attached hydrogen (secondary N) is 2. The van der Waals surface area contributed by atoms with Gasteiger partial charge in [0.15, 0.2) is 6.10 Å². The van der Waals surface area contributed by atoms with Gasteiger partial charge in [0.2, 0.25) is 0 Å². The third kappa shape index (κ3) is 3.02. The van der Waals surface area contributed by atoms with Gasteiger partial charge in [-0.15, -0.1) is 0 Å². The van der Waals surface area contributed by atoms with Crippen LogP contribution in [0.25, 0.3) is 5.69 Å². The van der Waals surface area contributed by atoms with Crippen LogP contribution in [0.1, 0.15) is 17.3 Å². The van der Waals surface area contributed by atoms with Crippen LogP contribution in [0, 0.1) is 0 Å². The predicted octanol–water partition coefficient (Wildman–Crippen LogP) is 2.84. The number of nitrogens with zero attached hydrogens (tertiary/aromatic N) is 2. The number of fused-ring (bicyclic) bond motifs is 1. The summed E-state index contributed by atoms with van der Waals surface area (Å²) < 4.78 is 7.22. The molecule has 0 radical (unpaired) electrons. The first-order chi connectivity index (χ1) is 12.6. The minimum absolute atomic E-state index is 0.213. The van der Waals surface area contributed by atoms with Gasteiger partial charge in [-0.2, -0.15) is 5.10 Å². The van der Waals surface area contributed by atoms with Gasteiger partial charge in [-0.25, -0.2) is 4.68 Å². The lowest BCUT2D eigenvalue weighted by molar-refractivity contribution is -0.122. The van der Waals surface area contributed by atoms with Gasteiger partial charge < -0.3 is 15.4 Å². The third-order valence-corrected chi connectivity index (χ3v) is 4.07. The zero-order valence-electron chi connectivity index (χ0n) is 14.0. The number of anilines is 2. The Morgan fingerprint density at radius 1 is 1.23 bits per heavy atom. The Morgan fingerprint density at radius 2 is 2.04 bits per heavy atom. The maximum atomic E-state index is 12.4. The molecule has 2 N–H and O–H groups in total. The molecule has 0 bridgehead atoms. The maximum absolute atomic E-state index is 12.4. The average molecular weight is 348 g/mol. The Labute approximate surface area is 149 Å². The molecule has 1 aliphatic heterocycles. The summed E-state index contributed by atoms with van der Waals surface area (Å²) in [6, 6.07) is 14.1.